The lowest BCUT2D eigenvalue weighted by molar-refractivity contribution is 0.148. The van der Waals surface area contributed by atoms with E-state index in [1.165, 1.54) is 45.1 Å². The van der Waals surface area contributed by atoms with Crippen LogP contribution in [0.15, 0.2) is 12.2 Å². The third kappa shape index (κ3) is 3.84. The molecule has 0 aromatic rings. The molecule has 0 aromatic carbocycles. The maximum Gasteiger partial charge on any atom is 0.0136 e. The minimum absolute atomic E-state index is 0.522. The predicted octanol–water partition coefficient (Wildman–Crippen LogP) is 4.15. The largest absolute Gasteiger partial charge is 0.313 e. The summed E-state index contributed by atoms with van der Waals surface area (Å²) in [7, 11) is 0. The van der Waals surface area contributed by atoms with Gasteiger partial charge in [-0.2, -0.15) is 0 Å². The summed E-state index contributed by atoms with van der Waals surface area (Å²) >= 11 is 0. The van der Waals surface area contributed by atoms with Crippen molar-refractivity contribution in [2.45, 2.75) is 65.3 Å². The minimum atomic E-state index is 0.522. The molecule has 0 aliphatic heterocycles. The van der Waals surface area contributed by atoms with Crippen LogP contribution in [0.3, 0.4) is 0 Å². The van der Waals surface area contributed by atoms with Gasteiger partial charge in [-0.15, -0.1) is 0 Å². The monoisotopic (exact) mass is 235 g/mol. The van der Waals surface area contributed by atoms with Crippen LogP contribution >= 0.6 is 0 Å². The maximum absolute atomic E-state index is 3.74. The molecular formula is C16H29N. The van der Waals surface area contributed by atoms with Crippen molar-refractivity contribution in [1.29, 1.82) is 0 Å². The summed E-state index contributed by atoms with van der Waals surface area (Å²) in [4.78, 5) is 0. The molecule has 1 fully saturated rings. The molecule has 2 aliphatic carbocycles. The molecule has 0 unspecified atom stereocenters. The van der Waals surface area contributed by atoms with Crippen LogP contribution in [0.4, 0.5) is 0 Å². The normalized spacial score (nSPS) is 31.0. The Bertz CT molecular complexity index is 245. The Morgan fingerprint density at radius 3 is 2.12 bits per heavy atom. The number of nitrogens with one attached hydrogen (secondary N) is 1. The molecular weight excluding hydrogens is 206 g/mol. The molecule has 0 heterocycles. The van der Waals surface area contributed by atoms with Crippen molar-refractivity contribution in [2.75, 3.05) is 6.54 Å². The van der Waals surface area contributed by atoms with Crippen LogP contribution in [-0.2, 0) is 0 Å². The average Bonchev–Trinajstić information content (AvgIpc) is 2.78. The summed E-state index contributed by atoms with van der Waals surface area (Å²) in [6.45, 7) is 8.46. The van der Waals surface area contributed by atoms with Gasteiger partial charge in [-0.3, -0.25) is 0 Å². The van der Waals surface area contributed by atoms with E-state index in [-0.39, 0.29) is 0 Å². The van der Waals surface area contributed by atoms with E-state index in [0.717, 1.165) is 17.9 Å². The van der Waals surface area contributed by atoms with Gasteiger partial charge in [-0.25, -0.2) is 0 Å². The molecule has 0 amide bonds. The van der Waals surface area contributed by atoms with Gasteiger partial charge in [-0.1, -0.05) is 32.9 Å². The molecule has 0 aromatic heterocycles. The predicted molar refractivity (Wildman–Crippen MR) is 75.1 cm³/mol. The number of rotatable bonds is 3. The van der Waals surface area contributed by atoms with Crippen molar-refractivity contribution in [3.63, 3.8) is 0 Å². The van der Waals surface area contributed by atoms with Gasteiger partial charge in [0, 0.05) is 6.04 Å². The molecule has 1 saturated carbocycles. The number of hydrogen-bond acceptors (Lipinski definition) is 1. The van der Waals surface area contributed by atoms with Crippen LogP contribution in [-0.4, -0.2) is 12.6 Å². The van der Waals surface area contributed by atoms with E-state index in [2.05, 4.69) is 38.2 Å². The molecule has 2 aliphatic rings. The lowest BCUT2D eigenvalue weighted by Crippen LogP contribution is -2.34. The van der Waals surface area contributed by atoms with E-state index in [1.807, 2.05) is 0 Å². The fourth-order valence-electron chi connectivity index (χ4n) is 3.35. The van der Waals surface area contributed by atoms with E-state index in [9.17, 15) is 0 Å². The minimum Gasteiger partial charge on any atom is -0.313 e. The van der Waals surface area contributed by atoms with Gasteiger partial charge >= 0.3 is 0 Å². The molecule has 0 spiro atoms. The highest BCUT2D eigenvalue weighted by Gasteiger charge is 2.29. The van der Waals surface area contributed by atoms with E-state index in [1.54, 1.807) is 0 Å². The highest BCUT2D eigenvalue weighted by molar-refractivity contribution is 4.97. The molecule has 0 radical (unpaired) electrons. The van der Waals surface area contributed by atoms with Gasteiger partial charge in [0.15, 0.2) is 0 Å². The second kappa shape index (κ2) is 5.56. The summed E-state index contributed by atoms with van der Waals surface area (Å²) in [5.74, 6) is 1.89. The highest BCUT2D eigenvalue weighted by atomic mass is 14.9. The van der Waals surface area contributed by atoms with Gasteiger partial charge in [0.05, 0.1) is 0 Å². The highest BCUT2D eigenvalue weighted by Crippen LogP contribution is 2.39. The Morgan fingerprint density at radius 2 is 1.59 bits per heavy atom. The van der Waals surface area contributed by atoms with Crippen LogP contribution in [0, 0.1) is 17.3 Å². The zero-order chi connectivity index (χ0) is 12.3. The first-order valence-corrected chi connectivity index (χ1v) is 7.44. The summed E-state index contributed by atoms with van der Waals surface area (Å²) < 4.78 is 0. The van der Waals surface area contributed by atoms with Crippen LogP contribution in [0.25, 0.3) is 0 Å². The molecule has 0 bridgehead atoms. The quantitative estimate of drug-likeness (QED) is 0.725. The molecule has 0 saturated heterocycles. The zero-order valence-electron chi connectivity index (χ0n) is 11.8. The van der Waals surface area contributed by atoms with Crippen molar-refractivity contribution < 1.29 is 0 Å². The average molecular weight is 235 g/mol. The van der Waals surface area contributed by atoms with Crippen LogP contribution in [0.2, 0.25) is 0 Å². The Morgan fingerprint density at radius 1 is 1.00 bits per heavy atom. The topological polar surface area (TPSA) is 12.0 Å². The summed E-state index contributed by atoms with van der Waals surface area (Å²) in [5, 5.41) is 3.74. The fraction of sp³-hybridized carbons (Fsp3) is 0.875. The maximum atomic E-state index is 3.74. The lowest BCUT2D eigenvalue weighted by Gasteiger charge is -2.37. The van der Waals surface area contributed by atoms with E-state index >= 15 is 0 Å². The smallest absolute Gasteiger partial charge is 0.0136 e. The molecule has 1 heteroatoms. The first kappa shape index (κ1) is 13.1. The van der Waals surface area contributed by atoms with Crippen molar-refractivity contribution >= 4 is 0 Å². The van der Waals surface area contributed by atoms with Gasteiger partial charge in [0.1, 0.15) is 0 Å². The van der Waals surface area contributed by atoms with Gasteiger partial charge in [0.2, 0.25) is 0 Å². The molecule has 17 heavy (non-hydrogen) atoms. The molecule has 1 nitrogen and oxygen atoms in total. The summed E-state index contributed by atoms with van der Waals surface area (Å²) in [6, 6.07) is 0.746. The van der Waals surface area contributed by atoms with Gasteiger partial charge in [-0.05, 0) is 62.3 Å². The Hall–Kier alpha value is -0.300. The van der Waals surface area contributed by atoms with Crippen LogP contribution in [0.5, 0.6) is 0 Å². The zero-order valence-corrected chi connectivity index (χ0v) is 11.8. The molecule has 98 valence electrons. The first-order chi connectivity index (χ1) is 8.05. The summed E-state index contributed by atoms with van der Waals surface area (Å²) in [6.07, 6.45) is 12.9. The van der Waals surface area contributed by atoms with Crippen molar-refractivity contribution in [1.82, 2.24) is 5.32 Å². The van der Waals surface area contributed by atoms with Crippen LogP contribution < -0.4 is 5.32 Å². The van der Waals surface area contributed by atoms with Crippen molar-refractivity contribution in [3.05, 3.63) is 12.2 Å². The van der Waals surface area contributed by atoms with E-state index in [0.29, 0.717) is 5.41 Å². The van der Waals surface area contributed by atoms with Crippen molar-refractivity contribution in [3.8, 4) is 0 Å². The van der Waals surface area contributed by atoms with Gasteiger partial charge < -0.3 is 5.32 Å². The lowest BCUT2D eigenvalue weighted by atomic mass is 9.70. The molecule has 1 N–H and O–H groups in total. The molecule has 2 rings (SSSR count). The van der Waals surface area contributed by atoms with Gasteiger partial charge in [0.25, 0.3) is 0 Å². The SMILES string of the molecule is CC(C)(C)C1CCC(CNC2CC=CC2)CC1. The fourth-order valence-corrected chi connectivity index (χ4v) is 3.35. The third-order valence-electron chi connectivity index (χ3n) is 4.77. The number of hydrogen-bond donors (Lipinski definition) is 1. The second-order valence-electron chi connectivity index (χ2n) is 7.13. The standard InChI is InChI=1S/C16H29N/c1-16(2,3)14-10-8-13(9-11-14)12-17-15-6-4-5-7-15/h4-5,13-15,17H,6-12H2,1-3H3. The Kier molecular flexibility index (Phi) is 4.30. The Labute approximate surface area is 107 Å². The van der Waals surface area contributed by atoms with E-state index < -0.39 is 0 Å². The summed E-state index contributed by atoms with van der Waals surface area (Å²) in [5.41, 5.74) is 0.522. The second-order valence-corrected chi connectivity index (χ2v) is 7.13. The molecule has 0 atom stereocenters. The van der Waals surface area contributed by atoms with Crippen LogP contribution in [0.1, 0.15) is 59.3 Å². The van der Waals surface area contributed by atoms with E-state index in [4.69, 9.17) is 0 Å². The van der Waals surface area contributed by atoms with Crippen molar-refractivity contribution in [2.24, 2.45) is 17.3 Å². The first-order valence-electron chi connectivity index (χ1n) is 7.44. The third-order valence-corrected chi connectivity index (χ3v) is 4.77. The Balaban J connectivity index is 1.65.